The highest BCUT2D eigenvalue weighted by Gasteiger charge is 2.49. The molecule has 0 atom stereocenters. The van der Waals surface area contributed by atoms with Crippen LogP contribution in [-0.2, 0) is 25.5 Å². The number of ether oxygens (including phenoxy) is 1. The summed E-state index contributed by atoms with van der Waals surface area (Å²) in [5, 5.41) is 0. The summed E-state index contributed by atoms with van der Waals surface area (Å²) >= 11 is 0. The van der Waals surface area contributed by atoms with E-state index in [1.165, 1.54) is 51.4 Å². The lowest BCUT2D eigenvalue weighted by atomic mass is 10.1. The number of halogens is 3. The smallest absolute Gasteiger partial charge is 0.491 e. The fourth-order valence-corrected chi connectivity index (χ4v) is 4.01. The zero-order valence-electron chi connectivity index (χ0n) is 20.6. The molecule has 1 aliphatic heterocycles. The van der Waals surface area contributed by atoms with Crippen LogP contribution >= 0.6 is 0 Å². The van der Waals surface area contributed by atoms with Gasteiger partial charge < -0.3 is 13.9 Å². The Bertz CT molecular complexity index is 979. The number of hydrogen-bond acceptors (Lipinski definition) is 5. The van der Waals surface area contributed by atoms with E-state index in [9.17, 15) is 21.6 Å². The van der Waals surface area contributed by atoms with E-state index in [-0.39, 0.29) is 11.5 Å². The minimum absolute atomic E-state index is 0.168. The van der Waals surface area contributed by atoms with Gasteiger partial charge in [0.05, 0.1) is 6.61 Å². The number of hydrogen-bond donors (Lipinski definition) is 1. The first-order valence-corrected chi connectivity index (χ1v) is 13.9. The molecule has 1 aromatic rings. The highest BCUT2D eigenvalue weighted by atomic mass is 32.2. The summed E-state index contributed by atoms with van der Waals surface area (Å²) in [6, 6.07) is 3.81. The van der Waals surface area contributed by atoms with Crippen molar-refractivity contribution in [3.8, 4) is 0 Å². The molecule has 0 radical (unpaired) electrons. The van der Waals surface area contributed by atoms with Crippen LogP contribution in [0.1, 0.15) is 95.9 Å². The van der Waals surface area contributed by atoms with Crippen LogP contribution in [0.15, 0.2) is 34.7 Å². The van der Waals surface area contributed by atoms with Gasteiger partial charge in [-0.15, -0.1) is 0 Å². The van der Waals surface area contributed by atoms with E-state index in [1.807, 2.05) is 19.1 Å². The van der Waals surface area contributed by atoms with E-state index in [0.717, 1.165) is 37.5 Å². The summed E-state index contributed by atoms with van der Waals surface area (Å²) < 4.78 is 70.5. The van der Waals surface area contributed by atoms with Gasteiger partial charge in [0.25, 0.3) is 0 Å². The van der Waals surface area contributed by atoms with Crippen LogP contribution in [0.3, 0.4) is 0 Å². The molecule has 0 spiro atoms. The van der Waals surface area contributed by atoms with Crippen molar-refractivity contribution in [3.05, 3.63) is 41.1 Å². The van der Waals surface area contributed by atoms with Gasteiger partial charge in [0.2, 0.25) is 5.90 Å². The fraction of sp³-hybridized carbons (Fsp3) is 0.640. The molecule has 0 saturated carbocycles. The largest absolute Gasteiger partial charge is 0.534 e. The van der Waals surface area contributed by atoms with Crippen LogP contribution in [0.4, 0.5) is 13.2 Å². The number of alkyl halides is 3. The lowest BCUT2D eigenvalue weighted by molar-refractivity contribution is -0.0504. The second kappa shape index (κ2) is 14.4. The quantitative estimate of drug-likeness (QED) is 0.140. The van der Waals surface area contributed by atoms with Crippen molar-refractivity contribution in [2.45, 2.75) is 96.4 Å². The Balaban J connectivity index is 1.94. The Morgan fingerprint density at radius 3 is 2.20 bits per heavy atom. The third-order valence-corrected chi connectivity index (χ3v) is 6.54. The molecule has 10 heteroatoms. The van der Waals surface area contributed by atoms with E-state index in [4.69, 9.17) is 4.74 Å². The summed E-state index contributed by atoms with van der Waals surface area (Å²) in [5.41, 5.74) is -3.59. The number of unbranched alkanes of at least 4 members (excludes halogenated alkanes) is 9. The van der Waals surface area contributed by atoms with Crippen LogP contribution in [-0.4, -0.2) is 31.4 Å². The minimum atomic E-state index is -5.81. The molecule has 35 heavy (non-hydrogen) atoms. The molecule has 1 N–H and O–H groups in total. The van der Waals surface area contributed by atoms with Crippen molar-refractivity contribution in [2.24, 2.45) is 4.99 Å². The van der Waals surface area contributed by atoms with Crippen LogP contribution in [0, 0.1) is 0 Å². The maximum absolute atomic E-state index is 12.7. The summed E-state index contributed by atoms with van der Waals surface area (Å²) in [6.45, 7) is 4.51. The number of aromatic nitrogens is 1. The van der Waals surface area contributed by atoms with Gasteiger partial charge in [0, 0.05) is 17.5 Å². The predicted molar refractivity (Wildman–Crippen MR) is 132 cm³/mol. The zero-order valence-corrected chi connectivity index (χ0v) is 21.4. The molecule has 198 valence electrons. The van der Waals surface area contributed by atoms with Crippen molar-refractivity contribution in [2.75, 3.05) is 6.61 Å². The van der Waals surface area contributed by atoms with Crippen LogP contribution in [0.25, 0.3) is 6.08 Å². The SMILES string of the molecule is CCCCCCCCCCCc1ccc(/C=C2\N=C(OS(=O)(=O)C(F)(F)F)C=C2OCCCC)[nH]1. The zero-order chi connectivity index (χ0) is 25.7. The van der Waals surface area contributed by atoms with E-state index >= 15 is 0 Å². The van der Waals surface area contributed by atoms with Gasteiger partial charge in [-0.25, -0.2) is 4.99 Å². The Morgan fingerprint density at radius 1 is 0.943 bits per heavy atom. The molecule has 1 aliphatic rings. The molecule has 0 amide bonds. The highest BCUT2D eigenvalue weighted by Crippen LogP contribution is 2.29. The molecule has 0 aromatic carbocycles. The van der Waals surface area contributed by atoms with Crippen molar-refractivity contribution < 1.29 is 30.5 Å². The average molecular weight is 519 g/mol. The standard InChI is InChI=1S/C25H37F3N2O4S/c1-3-5-7-8-9-10-11-12-13-14-20-15-16-21(29-20)18-22-23(33-17-6-4-2)19-24(30-22)34-35(31,32)25(26,27)28/h15-16,18-19,29H,3-14,17H2,1-2H3/b22-18-. The number of nitrogens with one attached hydrogen (secondary N) is 1. The second-order valence-corrected chi connectivity index (χ2v) is 10.2. The molecular weight excluding hydrogens is 481 g/mol. The molecule has 2 heterocycles. The topological polar surface area (TPSA) is 80.8 Å². The molecule has 0 saturated heterocycles. The number of aromatic amines is 1. The molecule has 0 aliphatic carbocycles. The fourth-order valence-electron chi connectivity index (χ4n) is 3.60. The summed E-state index contributed by atoms with van der Waals surface area (Å²) in [7, 11) is -5.81. The number of rotatable bonds is 16. The lowest BCUT2D eigenvalue weighted by Crippen LogP contribution is -2.27. The van der Waals surface area contributed by atoms with E-state index in [2.05, 4.69) is 21.1 Å². The van der Waals surface area contributed by atoms with Gasteiger partial charge in [-0.1, -0.05) is 71.6 Å². The van der Waals surface area contributed by atoms with Crippen LogP contribution in [0.5, 0.6) is 0 Å². The summed E-state index contributed by atoms with van der Waals surface area (Å²) in [5.74, 6) is -0.512. The first kappa shape index (κ1) is 29.0. The monoisotopic (exact) mass is 518 g/mol. The van der Waals surface area contributed by atoms with Crippen LogP contribution in [0.2, 0.25) is 0 Å². The molecule has 0 bridgehead atoms. The molecule has 0 unspecified atom stereocenters. The van der Waals surface area contributed by atoms with Crippen molar-refractivity contribution in [1.82, 2.24) is 4.98 Å². The minimum Gasteiger partial charge on any atom is -0.491 e. The van der Waals surface area contributed by atoms with E-state index < -0.39 is 21.5 Å². The van der Waals surface area contributed by atoms with Gasteiger partial charge in [0.1, 0.15) is 5.70 Å². The van der Waals surface area contributed by atoms with Gasteiger partial charge >= 0.3 is 15.6 Å². The van der Waals surface area contributed by atoms with Gasteiger partial charge in [-0.05, 0) is 37.5 Å². The number of aliphatic imine (C=N–C) groups is 1. The average Bonchev–Trinajstić information content (AvgIpc) is 3.38. The second-order valence-electron chi connectivity index (χ2n) is 8.69. The predicted octanol–water partition coefficient (Wildman–Crippen LogP) is 7.41. The molecule has 2 rings (SSSR count). The van der Waals surface area contributed by atoms with Crippen molar-refractivity contribution >= 4 is 22.1 Å². The van der Waals surface area contributed by atoms with E-state index in [0.29, 0.717) is 12.3 Å². The van der Waals surface area contributed by atoms with Gasteiger partial charge in [-0.2, -0.15) is 21.6 Å². The van der Waals surface area contributed by atoms with Gasteiger partial charge in [-0.3, -0.25) is 0 Å². The number of nitrogens with zero attached hydrogens (tertiary/aromatic N) is 1. The number of aryl methyl sites for hydroxylation is 1. The maximum Gasteiger partial charge on any atom is 0.534 e. The molecule has 0 fully saturated rings. The highest BCUT2D eigenvalue weighted by molar-refractivity contribution is 7.88. The Labute approximate surface area is 206 Å². The van der Waals surface area contributed by atoms with E-state index in [1.54, 1.807) is 6.08 Å². The normalized spacial score (nSPS) is 15.4. The van der Waals surface area contributed by atoms with Crippen LogP contribution < -0.4 is 0 Å². The Kier molecular flexibility index (Phi) is 11.9. The summed E-state index contributed by atoms with van der Waals surface area (Å²) in [4.78, 5) is 7.19. The third-order valence-electron chi connectivity index (χ3n) is 5.58. The van der Waals surface area contributed by atoms with Gasteiger partial charge in [0.15, 0.2) is 5.76 Å². The lowest BCUT2D eigenvalue weighted by Gasteiger charge is -2.07. The Hall–Kier alpha value is -2.23. The van der Waals surface area contributed by atoms with Crippen molar-refractivity contribution in [1.29, 1.82) is 0 Å². The maximum atomic E-state index is 12.7. The van der Waals surface area contributed by atoms with Crippen molar-refractivity contribution in [3.63, 3.8) is 0 Å². The summed E-state index contributed by atoms with van der Waals surface area (Å²) in [6.07, 6.45) is 16.4. The Morgan fingerprint density at radius 2 is 1.57 bits per heavy atom. The molecule has 1 aromatic heterocycles. The third kappa shape index (κ3) is 10.1. The molecule has 6 nitrogen and oxygen atoms in total. The number of H-pyrrole nitrogens is 1. The first-order valence-electron chi connectivity index (χ1n) is 12.5. The first-order chi connectivity index (χ1) is 16.7. The molecular formula is C25H37F3N2O4S.